The first kappa shape index (κ1) is 16.8. The highest BCUT2D eigenvalue weighted by Gasteiger charge is 2.10. The fourth-order valence-corrected chi connectivity index (χ4v) is 2.78. The highest BCUT2D eigenvalue weighted by molar-refractivity contribution is 6.30. The van der Waals surface area contributed by atoms with Crippen molar-refractivity contribution in [2.45, 2.75) is 13.1 Å². The molecule has 1 nitrogen and oxygen atoms in total. The van der Waals surface area contributed by atoms with Gasteiger partial charge >= 0.3 is 0 Å². The van der Waals surface area contributed by atoms with E-state index in [2.05, 4.69) is 4.90 Å². The number of hydrogen-bond donors (Lipinski definition) is 0. The summed E-state index contributed by atoms with van der Waals surface area (Å²) < 4.78 is 13.6. The van der Waals surface area contributed by atoms with Gasteiger partial charge < -0.3 is 4.90 Å². The number of hydrogen-bond acceptors (Lipinski definition) is 1. The third kappa shape index (κ3) is 4.50. The second-order valence-corrected chi connectivity index (χ2v) is 6.46. The minimum absolute atomic E-state index is 0.246. The number of anilines is 1. The second kappa shape index (κ2) is 7.69. The number of halogens is 3. The summed E-state index contributed by atoms with van der Waals surface area (Å²) in [6, 6.07) is 22.0. The van der Waals surface area contributed by atoms with Gasteiger partial charge in [0.05, 0.1) is 0 Å². The van der Waals surface area contributed by atoms with E-state index in [9.17, 15) is 4.39 Å². The van der Waals surface area contributed by atoms with E-state index in [1.807, 2.05) is 54.6 Å². The van der Waals surface area contributed by atoms with Crippen molar-refractivity contribution >= 4 is 28.9 Å². The van der Waals surface area contributed by atoms with Crippen molar-refractivity contribution in [3.63, 3.8) is 0 Å². The van der Waals surface area contributed by atoms with Gasteiger partial charge in [-0.1, -0.05) is 53.5 Å². The van der Waals surface area contributed by atoms with Crippen LogP contribution in [0.4, 0.5) is 10.1 Å². The van der Waals surface area contributed by atoms with Crippen LogP contribution in [0.3, 0.4) is 0 Å². The van der Waals surface area contributed by atoms with Gasteiger partial charge in [0.25, 0.3) is 0 Å². The Hall–Kier alpha value is -2.03. The molecular formula is C20H16Cl2FN. The molecule has 3 rings (SSSR count). The lowest BCUT2D eigenvalue weighted by molar-refractivity contribution is 0.626. The van der Waals surface area contributed by atoms with Crippen molar-refractivity contribution in [2.24, 2.45) is 0 Å². The zero-order valence-electron chi connectivity index (χ0n) is 12.9. The first-order chi connectivity index (χ1) is 11.6. The maximum atomic E-state index is 13.6. The molecule has 0 amide bonds. The maximum absolute atomic E-state index is 13.6. The predicted octanol–water partition coefficient (Wildman–Crippen LogP) is 6.34. The SMILES string of the molecule is Fc1cccc(N(Cc2ccc(Cl)cc2)Cc2ccc(Cl)cc2)c1. The van der Waals surface area contributed by atoms with Gasteiger partial charge in [0.15, 0.2) is 0 Å². The average Bonchev–Trinajstić information content (AvgIpc) is 2.58. The molecule has 0 aliphatic rings. The van der Waals surface area contributed by atoms with Crippen molar-refractivity contribution in [3.05, 3.63) is 99.8 Å². The van der Waals surface area contributed by atoms with E-state index >= 15 is 0 Å². The van der Waals surface area contributed by atoms with Crippen LogP contribution < -0.4 is 4.90 Å². The van der Waals surface area contributed by atoms with E-state index in [-0.39, 0.29) is 5.82 Å². The van der Waals surface area contributed by atoms with Gasteiger partial charge in [-0.2, -0.15) is 0 Å². The smallest absolute Gasteiger partial charge is 0.125 e. The van der Waals surface area contributed by atoms with E-state index in [1.165, 1.54) is 6.07 Å². The van der Waals surface area contributed by atoms with E-state index in [1.54, 1.807) is 12.1 Å². The van der Waals surface area contributed by atoms with Crippen molar-refractivity contribution in [1.29, 1.82) is 0 Å². The molecule has 3 aromatic rings. The number of benzene rings is 3. The van der Waals surface area contributed by atoms with Gasteiger partial charge in [0.2, 0.25) is 0 Å². The molecule has 0 bridgehead atoms. The summed E-state index contributed by atoms with van der Waals surface area (Å²) in [4.78, 5) is 2.12. The molecular weight excluding hydrogens is 344 g/mol. The summed E-state index contributed by atoms with van der Waals surface area (Å²) >= 11 is 11.9. The molecule has 0 aliphatic carbocycles. The van der Waals surface area contributed by atoms with Crippen LogP contribution in [-0.2, 0) is 13.1 Å². The van der Waals surface area contributed by atoms with Crippen LogP contribution in [0, 0.1) is 5.82 Å². The summed E-state index contributed by atoms with van der Waals surface area (Å²) in [5.74, 6) is -0.246. The van der Waals surface area contributed by atoms with E-state index in [4.69, 9.17) is 23.2 Å². The number of nitrogens with zero attached hydrogens (tertiary/aromatic N) is 1. The fraction of sp³-hybridized carbons (Fsp3) is 0.100. The Labute approximate surface area is 151 Å². The van der Waals surface area contributed by atoms with Gasteiger partial charge in [-0.25, -0.2) is 4.39 Å². The van der Waals surface area contributed by atoms with Crippen LogP contribution in [0.5, 0.6) is 0 Å². The van der Waals surface area contributed by atoms with Crippen molar-refractivity contribution < 1.29 is 4.39 Å². The van der Waals surface area contributed by atoms with E-state index in [0.29, 0.717) is 23.1 Å². The summed E-state index contributed by atoms with van der Waals surface area (Å²) in [5, 5.41) is 1.41. The first-order valence-electron chi connectivity index (χ1n) is 7.59. The monoisotopic (exact) mass is 359 g/mol. The normalized spacial score (nSPS) is 10.6. The Kier molecular flexibility index (Phi) is 5.39. The Bertz CT molecular complexity index is 753. The Balaban J connectivity index is 1.87. The molecule has 0 N–H and O–H groups in total. The summed E-state index contributed by atoms with van der Waals surface area (Å²) in [6.07, 6.45) is 0. The lowest BCUT2D eigenvalue weighted by atomic mass is 10.1. The topological polar surface area (TPSA) is 3.24 Å². The zero-order valence-corrected chi connectivity index (χ0v) is 14.4. The number of rotatable bonds is 5. The quantitative estimate of drug-likeness (QED) is 0.513. The standard InChI is InChI=1S/C20H16Cl2FN/c21-17-8-4-15(5-9-17)13-24(20-3-1-2-19(23)12-20)14-16-6-10-18(22)11-7-16/h1-12H,13-14H2. The summed E-state index contributed by atoms with van der Waals surface area (Å²) in [6.45, 7) is 1.31. The van der Waals surface area contributed by atoms with Crippen LogP contribution >= 0.6 is 23.2 Å². The molecule has 3 aromatic carbocycles. The van der Waals surface area contributed by atoms with Crippen molar-refractivity contribution in [1.82, 2.24) is 0 Å². The summed E-state index contributed by atoms with van der Waals surface area (Å²) in [5.41, 5.74) is 3.05. The molecule has 0 saturated carbocycles. The molecule has 0 radical (unpaired) electrons. The molecule has 0 heterocycles. The molecule has 0 fully saturated rings. The molecule has 0 saturated heterocycles. The Morgan fingerprint density at radius 3 is 1.67 bits per heavy atom. The molecule has 4 heteroatoms. The molecule has 0 aliphatic heterocycles. The van der Waals surface area contributed by atoms with Crippen LogP contribution in [-0.4, -0.2) is 0 Å². The van der Waals surface area contributed by atoms with Gasteiger partial charge in [-0.05, 0) is 53.6 Å². The fourth-order valence-electron chi connectivity index (χ4n) is 2.53. The highest BCUT2D eigenvalue weighted by atomic mass is 35.5. The third-order valence-corrected chi connectivity index (χ3v) is 4.25. The maximum Gasteiger partial charge on any atom is 0.125 e. The largest absolute Gasteiger partial charge is 0.363 e. The van der Waals surface area contributed by atoms with E-state index in [0.717, 1.165) is 16.8 Å². The van der Waals surface area contributed by atoms with Crippen LogP contribution in [0.25, 0.3) is 0 Å². The van der Waals surface area contributed by atoms with E-state index < -0.39 is 0 Å². The van der Waals surface area contributed by atoms with Crippen molar-refractivity contribution in [2.75, 3.05) is 4.90 Å². The summed E-state index contributed by atoms with van der Waals surface area (Å²) in [7, 11) is 0. The minimum atomic E-state index is -0.246. The zero-order chi connectivity index (χ0) is 16.9. The van der Waals surface area contributed by atoms with Gasteiger partial charge in [0, 0.05) is 28.8 Å². The molecule has 24 heavy (non-hydrogen) atoms. The first-order valence-corrected chi connectivity index (χ1v) is 8.35. The molecule has 0 aromatic heterocycles. The minimum Gasteiger partial charge on any atom is -0.363 e. The Morgan fingerprint density at radius 2 is 1.21 bits per heavy atom. The molecule has 0 atom stereocenters. The lowest BCUT2D eigenvalue weighted by Gasteiger charge is -2.25. The predicted molar refractivity (Wildman–Crippen MR) is 99.2 cm³/mol. The third-order valence-electron chi connectivity index (χ3n) is 3.75. The molecule has 0 unspecified atom stereocenters. The highest BCUT2D eigenvalue weighted by Crippen LogP contribution is 2.22. The second-order valence-electron chi connectivity index (χ2n) is 5.59. The molecule has 122 valence electrons. The van der Waals surface area contributed by atoms with Gasteiger partial charge in [-0.15, -0.1) is 0 Å². The van der Waals surface area contributed by atoms with Crippen LogP contribution in [0.1, 0.15) is 11.1 Å². The molecule has 0 spiro atoms. The van der Waals surface area contributed by atoms with Crippen molar-refractivity contribution in [3.8, 4) is 0 Å². The van der Waals surface area contributed by atoms with Crippen LogP contribution in [0.15, 0.2) is 72.8 Å². The van der Waals surface area contributed by atoms with Crippen LogP contribution in [0.2, 0.25) is 10.0 Å². The average molecular weight is 360 g/mol. The lowest BCUT2D eigenvalue weighted by Crippen LogP contribution is -2.22. The van der Waals surface area contributed by atoms with Gasteiger partial charge in [-0.3, -0.25) is 0 Å². The van der Waals surface area contributed by atoms with Gasteiger partial charge in [0.1, 0.15) is 5.82 Å². The Morgan fingerprint density at radius 1 is 0.708 bits per heavy atom.